The van der Waals surface area contributed by atoms with Gasteiger partial charge in [-0.15, -0.1) is 0 Å². The molecule has 2 rings (SSSR count). The van der Waals surface area contributed by atoms with Crippen molar-refractivity contribution in [3.05, 3.63) is 65.2 Å². The van der Waals surface area contributed by atoms with Crippen LogP contribution in [-0.4, -0.2) is 48.2 Å². The van der Waals surface area contributed by atoms with Crippen molar-refractivity contribution < 1.29 is 33.1 Å². The van der Waals surface area contributed by atoms with Crippen LogP contribution in [0.5, 0.6) is 0 Å². The van der Waals surface area contributed by atoms with E-state index < -0.39 is 35.9 Å². The molecule has 0 bridgehead atoms. The molecule has 182 valence electrons. The second-order valence-electron chi connectivity index (χ2n) is 7.22. The Bertz CT molecular complexity index is 1190. The first-order chi connectivity index (χ1) is 16.6. The highest BCUT2D eigenvalue weighted by Crippen LogP contribution is 2.24. The number of carbonyl (C=O) groups excluding carboxylic acids is 3. The largest absolute Gasteiger partial charge is 0.370 e. The number of hydrogen-bond acceptors (Lipinski definition) is 5. The smallest absolute Gasteiger partial charge is 0.316 e. The molecule has 9 nitrogen and oxygen atoms in total. The number of nitrogens with two attached hydrogens (primary N) is 1. The number of hydroxylamine groups is 1. The van der Waals surface area contributed by atoms with Gasteiger partial charge in [0.2, 0.25) is 0 Å². The molecule has 0 saturated carbocycles. The number of urea groups is 1. The molecular weight excluding hydrogens is 462 g/mol. The van der Waals surface area contributed by atoms with Crippen LogP contribution in [0.2, 0.25) is 0 Å². The molecule has 2 aromatic rings. The molecule has 11 heteroatoms. The van der Waals surface area contributed by atoms with Gasteiger partial charge in [0.25, 0.3) is 18.2 Å². The quantitative estimate of drug-likeness (QED) is 0.232. The fourth-order valence-corrected chi connectivity index (χ4v) is 2.77. The molecule has 2 aromatic carbocycles. The Kier molecular flexibility index (Phi) is 9.29. The lowest BCUT2D eigenvalue weighted by Gasteiger charge is -2.34. The van der Waals surface area contributed by atoms with Crippen LogP contribution in [0.4, 0.5) is 19.3 Å². The Morgan fingerprint density at radius 3 is 1.94 bits per heavy atom. The van der Waals surface area contributed by atoms with E-state index in [0.29, 0.717) is 16.8 Å². The molecular formula is C24H22F2N4O5. The van der Waals surface area contributed by atoms with Crippen molar-refractivity contribution in [1.29, 1.82) is 0 Å². The number of carbonyl (C=O) groups is 3. The Balaban J connectivity index is 2.09. The van der Waals surface area contributed by atoms with Crippen molar-refractivity contribution in [3.63, 3.8) is 0 Å². The van der Waals surface area contributed by atoms with Gasteiger partial charge in [0.05, 0.1) is 0 Å². The molecule has 0 heterocycles. The van der Waals surface area contributed by atoms with E-state index in [1.807, 2.05) is 0 Å². The predicted octanol–water partition coefficient (Wildman–Crippen LogP) is 1.85. The van der Waals surface area contributed by atoms with Gasteiger partial charge in [0.1, 0.15) is 6.04 Å². The Morgan fingerprint density at radius 1 is 1.00 bits per heavy atom. The van der Waals surface area contributed by atoms with Crippen molar-refractivity contribution in [2.45, 2.75) is 25.0 Å². The lowest BCUT2D eigenvalue weighted by Crippen LogP contribution is -2.62. The summed E-state index contributed by atoms with van der Waals surface area (Å²) in [6, 6.07) is 9.88. The Labute approximate surface area is 200 Å². The minimum absolute atomic E-state index is 0.0646. The van der Waals surface area contributed by atoms with Crippen LogP contribution in [0.15, 0.2) is 48.5 Å². The number of ether oxygens (including phenoxy) is 1. The molecule has 4 amide bonds. The van der Waals surface area contributed by atoms with E-state index in [9.17, 15) is 23.2 Å². The number of benzene rings is 2. The van der Waals surface area contributed by atoms with Crippen molar-refractivity contribution in [2.75, 3.05) is 12.4 Å². The van der Waals surface area contributed by atoms with Gasteiger partial charge in [-0.3, -0.25) is 14.8 Å². The summed E-state index contributed by atoms with van der Waals surface area (Å²) < 4.78 is 31.7. The van der Waals surface area contributed by atoms with Crippen LogP contribution >= 0.6 is 0 Å². The number of alkyl halides is 2. The molecule has 0 radical (unpaired) electrons. The summed E-state index contributed by atoms with van der Waals surface area (Å²) >= 11 is 0. The van der Waals surface area contributed by atoms with E-state index in [4.69, 9.17) is 15.7 Å². The van der Waals surface area contributed by atoms with E-state index in [0.717, 1.165) is 14.0 Å². The highest BCUT2D eigenvalue weighted by atomic mass is 19.3. The molecule has 0 aliphatic carbocycles. The zero-order chi connectivity index (χ0) is 26.0. The summed E-state index contributed by atoms with van der Waals surface area (Å²) in [5.74, 6) is 8.85. The van der Waals surface area contributed by atoms with Gasteiger partial charge in [-0.2, -0.15) is 0 Å². The van der Waals surface area contributed by atoms with Crippen molar-refractivity contribution in [3.8, 4) is 23.7 Å². The summed E-state index contributed by atoms with van der Waals surface area (Å²) in [6.45, 7) is 0.934. The highest BCUT2D eigenvalue weighted by molar-refractivity contribution is 5.98. The first-order valence-corrected chi connectivity index (χ1v) is 9.97. The maximum absolute atomic E-state index is 13.5. The number of hydrogen-bond donors (Lipinski definition) is 5. The zero-order valence-electron chi connectivity index (χ0n) is 18.7. The van der Waals surface area contributed by atoms with Crippen LogP contribution < -0.4 is 21.8 Å². The van der Waals surface area contributed by atoms with Crippen LogP contribution in [0.3, 0.4) is 0 Å². The maximum Gasteiger partial charge on any atom is 0.316 e. The lowest BCUT2D eigenvalue weighted by molar-refractivity contribution is -0.157. The van der Waals surface area contributed by atoms with Crippen LogP contribution in [-0.2, 0) is 9.53 Å². The summed E-state index contributed by atoms with van der Waals surface area (Å²) in [4.78, 5) is 35.2. The second-order valence-corrected chi connectivity index (χ2v) is 7.22. The van der Waals surface area contributed by atoms with Crippen LogP contribution in [0.25, 0.3) is 0 Å². The Morgan fingerprint density at radius 2 is 1.51 bits per heavy atom. The van der Waals surface area contributed by atoms with Crippen molar-refractivity contribution in [1.82, 2.24) is 10.8 Å². The summed E-state index contributed by atoms with van der Waals surface area (Å²) in [6.07, 6.45) is -3.14. The first kappa shape index (κ1) is 26.8. The predicted molar refractivity (Wildman–Crippen MR) is 122 cm³/mol. The number of amides is 4. The molecule has 35 heavy (non-hydrogen) atoms. The molecule has 0 spiro atoms. The molecule has 2 atom stereocenters. The van der Waals surface area contributed by atoms with E-state index in [-0.39, 0.29) is 5.56 Å². The molecule has 0 aromatic heterocycles. The van der Waals surface area contributed by atoms with E-state index in [1.54, 1.807) is 24.3 Å². The number of rotatable bonds is 7. The number of anilines is 1. The average molecular weight is 484 g/mol. The number of nitrogens with one attached hydrogen (secondary N) is 3. The summed E-state index contributed by atoms with van der Waals surface area (Å²) in [5, 5.41) is 13.5. The third kappa shape index (κ3) is 7.27. The normalized spacial score (nSPS) is 12.6. The maximum atomic E-state index is 13.5. The topological polar surface area (TPSA) is 143 Å². The van der Waals surface area contributed by atoms with Gasteiger partial charge >= 0.3 is 6.03 Å². The number of methoxy groups -OCH3 is 1. The fraction of sp³-hybridized carbons (Fsp3) is 0.208. The first-order valence-electron chi connectivity index (χ1n) is 9.97. The molecule has 0 aliphatic heterocycles. The minimum atomic E-state index is -3.14. The fourth-order valence-electron chi connectivity index (χ4n) is 2.77. The summed E-state index contributed by atoms with van der Waals surface area (Å²) in [5.41, 5.74) is 5.69. The lowest BCUT2D eigenvalue weighted by atomic mass is 9.95. The SMILES string of the molecule is COC(C)(C(F)F)[C@H](NC(=O)c1ccc(C#CC#Cc2ccc(NC(N)=O)cc2)cc1)C(=O)NO. The van der Waals surface area contributed by atoms with Crippen LogP contribution in [0.1, 0.15) is 28.4 Å². The third-order valence-corrected chi connectivity index (χ3v) is 4.87. The van der Waals surface area contributed by atoms with Gasteiger partial charge in [0, 0.05) is 29.5 Å². The molecule has 0 fully saturated rings. The Hall–Kier alpha value is -4.45. The van der Waals surface area contributed by atoms with Gasteiger partial charge in [-0.1, -0.05) is 11.8 Å². The van der Waals surface area contributed by atoms with E-state index in [2.05, 4.69) is 34.3 Å². The van der Waals surface area contributed by atoms with E-state index in [1.165, 1.54) is 29.7 Å². The molecule has 0 saturated heterocycles. The molecule has 6 N–H and O–H groups in total. The van der Waals surface area contributed by atoms with Crippen molar-refractivity contribution in [2.24, 2.45) is 5.73 Å². The van der Waals surface area contributed by atoms with Gasteiger partial charge in [-0.05, 0) is 67.3 Å². The van der Waals surface area contributed by atoms with Crippen molar-refractivity contribution >= 4 is 23.5 Å². The van der Waals surface area contributed by atoms with Gasteiger partial charge in [0.15, 0.2) is 5.60 Å². The number of halogens is 2. The minimum Gasteiger partial charge on any atom is -0.370 e. The zero-order valence-corrected chi connectivity index (χ0v) is 18.7. The standard InChI is InChI=1S/C24H22F2N4O5/c1-24(35-2,22(25)26)19(21(32)30-34)29-20(31)17-11-7-15(8-12-17)5-3-4-6-16-9-13-18(14-10-16)28-23(27)33/h7-14,19,22,34H,1-2H3,(H,29,31)(H,30,32)(H3,27,28,33)/t19-,24?/m1/s1. The highest BCUT2D eigenvalue weighted by Gasteiger charge is 2.48. The van der Waals surface area contributed by atoms with Gasteiger partial charge in [-0.25, -0.2) is 19.1 Å². The third-order valence-electron chi connectivity index (χ3n) is 4.87. The second kappa shape index (κ2) is 12.1. The summed E-state index contributed by atoms with van der Waals surface area (Å²) in [7, 11) is 0.961. The average Bonchev–Trinajstić information content (AvgIpc) is 2.85. The molecule has 1 unspecified atom stereocenters. The van der Waals surface area contributed by atoms with Gasteiger partial charge < -0.3 is 21.1 Å². The monoisotopic (exact) mass is 484 g/mol. The van der Waals surface area contributed by atoms with Crippen LogP contribution in [0, 0.1) is 23.7 Å². The number of primary amides is 1. The van der Waals surface area contributed by atoms with E-state index >= 15 is 0 Å². The molecule has 0 aliphatic rings.